The van der Waals surface area contributed by atoms with Crippen LogP contribution in [0.1, 0.15) is 53.5 Å². The van der Waals surface area contributed by atoms with Gasteiger partial charge in [0.1, 0.15) is 6.04 Å². The third-order valence-corrected chi connectivity index (χ3v) is 7.83. The lowest BCUT2D eigenvalue weighted by Crippen LogP contribution is -2.57. The number of esters is 1. The summed E-state index contributed by atoms with van der Waals surface area (Å²) < 4.78 is 38.3. The van der Waals surface area contributed by atoms with E-state index in [9.17, 15) is 23.2 Å². The summed E-state index contributed by atoms with van der Waals surface area (Å²) in [7, 11) is 2.55. The molecule has 0 saturated carbocycles. The number of hydrazine groups is 1. The number of likely N-dealkylation sites (tertiary alicyclic amines) is 1. The highest BCUT2D eigenvalue weighted by Crippen LogP contribution is 2.36. The largest absolute Gasteiger partial charge is 0.466 e. The van der Waals surface area contributed by atoms with Crippen LogP contribution in [0, 0.1) is 25.5 Å². The van der Waals surface area contributed by atoms with E-state index in [0.29, 0.717) is 25.3 Å². The number of amides is 3. The highest BCUT2D eigenvalue weighted by atomic mass is 19.2. The van der Waals surface area contributed by atoms with Crippen LogP contribution in [0.5, 0.6) is 0 Å². The molecule has 2 aromatic carbocycles. The first-order valence-electron chi connectivity index (χ1n) is 14.0. The molecule has 0 bridgehead atoms. The standard InChI is InChI=1S/C31H38F2N4O5/c1-20-14-21(2)16-24(15-20)22-8-12-35(13-9-22)10-5-11-36(19-38)37-29(23-6-7-25(32)26(33)17-23)28(30(39)42-4)27(18-41-3)34-31(37)40/h6-7,14-17,19,22,29H,5,8-13,18H2,1-4H3,(H,34,40). The normalized spacial score (nSPS) is 18.2. The Morgan fingerprint density at radius 3 is 2.33 bits per heavy atom. The van der Waals surface area contributed by atoms with Crippen molar-refractivity contribution in [1.82, 2.24) is 20.2 Å². The number of nitrogens with zero attached hydrogens (tertiary/aromatic N) is 3. The second-order valence-corrected chi connectivity index (χ2v) is 10.8. The van der Waals surface area contributed by atoms with Crippen molar-refractivity contribution in [2.45, 2.75) is 45.1 Å². The average molecular weight is 585 g/mol. The molecule has 2 heterocycles. The van der Waals surface area contributed by atoms with Crippen molar-refractivity contribution in [3.05, 3.63) is 81.6 Å². The third kappa shape index (κ3) is 6.96. The number of urea groups is 1. The van der Waals surface area contributed by atoms with Crippen molar-refractivity contribution in [2.75, 3.05) is 47.0 Å². The first kappa shape index (κ1) is 31.1. The van der Waals surface area contributed by atoms with Crippen molar-refractivity contribution in [2.24, 2.45) is 0 Å². The smallest absolute Gasteiger partial charge is 0.341 e. The van der Waals surface area contributed by atoms with Crippen molar-refractivity contribution < 1.29 is 32.6 Å². The summed E-state index contributed by atoms with van der Waals surface area (Å²) in [6.07, 6.45) is 3.10. The number of hydrogen-bond acceptors (Lipinski definition) is 6. The van der Waals surface area contributed by atoms with Gasteiger partial charge < -0.3 is 19.7 Å². The quantitative estimate of drug-likeness (QED) is 0.312. The van der Waals surface area contributed by atoms with Gasteiger partial charge in [-0.05, 0) is 81.9 Å². The van der Waals surface area contributed by atoms with Gasteiger partial charge >= 0.3 is 12.0 Å². The lowest BCUT2D eigenvalue weighted by molar-refractivity contribution is -0.141. The van der Waals surface area contributed by atoms with Crippen LogP contribution in [0.25, 0.3) is 0 Å². The summed E-state index contributed by atoms with van der Waals surface area (Å²) in [5.41, 5.74) is 4.07. The second kappa shape index (κ2) is 13.9. The molecule has 3 amide bonds. The Morgan fingerprint density at radius 2 is 1.74 bits per heavy atom. The molecular formula is C31H38F2N4O5. The molecule has 0 aromatic heterocycles. The van der Waals surface area contributed by atoms with Crippen LogP contribution < -0.4 is 5.32 Å². The Labute approximate surface area is 245 Å². The molecule has 0 aliphatic carbocycles. The zero-order chi connectivity index (χ0) is 30.4. The number of nitrogens with one attached hydrogen (secondary N) is 1. The Morgan fingerprint density at radius 1 is 1.05 bits per heavy atom. The molecule has 42 heavy (non-hydrogen) atoms. The number of hydrogen-bond donors (Lipinski definition) is 1. The van der Waals surface area contributed by atoms with E-state index in [0.717, 1.165) is 48.1 Å². The van der Waals surface area contributed by atoms with E-state index < -0.39 is 29.7 Å². The number of carbonyl (C=O) groups is 3. The average Bonchev–Trinajstić information content (AvgIpc) is 2.96. The van der Waals surface area contributed by atoms with Gasteiger partial charge in [-0.15, -0.1) is 0 Å². The van der Waals surface area contributed by atoms with Crippen molar-refractivity contribution in [3.63, 3.8) is 0 Å². The molecule has 1 atom stereocenters. The summed E-state index contributed by atoms with van der Waals surface area (Å²) >= 11 is 0. The van der Waals surface area contributed by atoms with Crippen LogP contribution >= 0.6 is 0 Å². The molecule has 1 N–H and O–H groups in total. The van der Waals surface area contributed by atoms with Gasteiger partial charge in [-0.1, -0.05) is 35.4 Å². The van der Waals surface area contributed by atoms with E-state index in [1.165, 1.54) is 37.0 Å². The van der Waals surface area contributed by atoms with Crippen LogP contribution in [0.15, 0.2) is 47.7 Å². The van der Waals surface area contributed by atoms with Crippen LogP contribution in [-0.4, -0.2) is 80.3 Å². The van der Waals surface area contributed by atoms with Crippen LogP contribution in [-0.2, 0) is 19.1 Å². The number of ether oxygens (including phenoxy) is 2. The van der Waals surface area contributed by atoms with E-state index in [2.05, 4.69) is 42.3 Å². The van der Waals surface area contributed by atoms with Gasteiger partial charge in [-0.25, -0.2) is 23.4 Å². The molecule has 2 aliphatic heterocycles. The number of rotatable bonds is 11. The molecule has 2 aromatic rings. The summed E-state index contributed by atoms with van der Waals surface area (Å²) in [5.74, 6) is -2.54. The SMILES string of the molecule is COCC1=C(C(=O)OC)C(c2ccc(F)c(F)c2)N(N(C=O)CCCN2CCC(c3cc(C)cc(C)c3)CC2)C(=O)N1. The fraction of sp³-hybridized carbons (Fsp3) is 0.452. The molecule has 0 spiro atoms. The Hall–Kier alpha value is -3.83. The maximum absolute atomic E-state index is 14.3. The van der Waals surface area contributed by atoms with E-state index in [1.54, 1.807) is 0 Å². The zero-order valence-corrected chi connectivity index (χ0v) is 24.5. The van der Waals surface area contributed by atoms with E-state index in [1.807, 2.05) is 0 Å². The van der Waals surface area contributed by atoms with Gasteiger partial charge in [0.05, 0.1) is 25.0 Å². The van der Waals surface area contributed by atoms with Crippen LogP contribution in [0.4, 0.5) is 13.6 Å². The van der Waals surface area contributed by atoms with Crippen LogP contribution in [0.3, 0.4) is 0 Å². The molecule has 1 fully saturated rings. The summed E-state index contributed by atoms with van der Waals surface area (Å²) in [5, 5.41) is 4.82. The molecule has 1 saturated heterocycles. The molecule has 0 radical (unpaired) electrons. The Bertz CT molecular complexity index is 1320. The number of methoxy groups -OCH3 is 2. The molecule has 1 unspecified atom stereocenters. The van der Waals surface area contributed by atoms with Gasteiger partial charge in [0.15, 0.2) is 11.6 Å². The van der Waals surface area contributed by atoms with Gasteiger partial charge in [0.2, 0.25) is 6.41 Å². The number of aryl methyl sites for hydroxylation is 2. The first-order chi connectivity index (χ1) is 20.2. The van der Waals surface area contributed by atoms with Crippen molar-refractivity contribution >= 4 is 18.4 Å². The number of benzene rings is 2. The fourth-order valence-electron chi connectivity index (χ4n) is 5.92. The second-order valence-electron chi connectivity index (χ2n) is 10.8. The maximum atomic E-state index is 14.3. The number of piperidine rings is 1. The molecule has 4 rings (SSSR count). The Balaban J connectivity index is 1.50. The van der Waals surface area contributed by atoms with Crippen molar-refractivity contribution in [3.8, 4) is 0 Å². The molecule has 2 aliphatic rings. The van der Waals surface area contributed by atoms with E-state index >= 15 is 0 Å². The molecule has 11 heteroatoms. The Kier molecular flexibility index (Phi) is 10.3. The first-order valence-corrected chi connectivity index (χ1v) is 14.0. The highest BCUT2D eigenvalue weighted by Gasteiger charge is 2.42. The molecule has 226 valence electrons. The van der Waals surface area contributed by atoms with E-state index in [4.69, 9.17) is 9.47 Å². The summed E-state index contributed by atoms with van der Waals surface area (Å²) in [6.45, 7) is 6.76. The minimum atomic E-state index is -1.26. The molecular weight excluding hydrogens is 546 g/mol. The minimum Gasteiger partial charge on any atom is -0.466 e. The van der Waals surface area contributed by atoms with E-state index in [-0.39, 0.29) is 30.0 Å². The highest BCUT2D eigenvalue weighted by molar-refractivity contribution is 5.95. The maximum Gasteiger partial charge on any atom is 0.341 e. The minimum absolute atomic E-state index is 0.0507. The van der Waals surface area contributed by atoms with Gasteiger partial charge in [0, 0.05) is 13.7 Å². The van der Waals surface area contributed by atoms with Gasteiger partial charge in [-0.3, -0.25) is 9.80 Å². The predicted octanol–water partition coefficient (Wildman–Crippen LogP) is 4.36. The fourth-order valence-corrected chi connectivity index (χ4v) is 5.92. The number of halogens is 2. The third-order valence-electron chi connectivity index (χ3n) is 7.83. The lowest BCUT2D eigenvalue weighted by Gasteiger charge is -2.42. The van der Waals surface area contributed by atoms with Crippen molar-refractivity contribution in [1.29, 1.82) is 0 Å². The summed E-state index contributed by atoms with van der Waals surface area (Å²) in [6, 6.07) is 7.81. The summed E-state index contributed by atoms with van der Waals surface area (Å²) in [4.78, 5) is 41.0. The zero-order valence-electron chi connectivity index (χ0n) is 24.5. The van der Waals surface area contributed by atoms with Gasteiger partial charge in [-0.2, -0.15) is 0 Å². The predicted molar refractivity (Wildman–Crippen MR) is 152 cm³/mol. The lowest BCUT2D eigenvalue weighted by atomic mass is 9.87. The molecule has 9 nitrogen and oxygen atoms in total. The van der Waals surface area contributed by atoms with Crippen LogP contribution in [0.2, 0.25) is 0 Å². The topological polar surface area (TPSA) is 91.4 Å². The van der Waals surface area contributed by atoms with Gasteiger partial charge in [0.25, 0.3) is 0 Å². The monoisotopic (exact) mass is 584 g/mol. The number of carbonyl (C=O) groups excluding carboxylic acids is 3.